The highest BCUT2D eigenvalue weighted by atomic mass is 32.2. The first-order chi connectivity index (χ1) is 15.5. The number of fused-ring (bicyclic) bond motifs is 3. The van der Waals surface area contributed by atoms with Crippen LogP contribution in [0.3, 0.4) is 0 Å². The summed E-state index contributed by atoms with van der Waals surface area (Å²) >= 11 is 0. The third-order valence-corrected chi connectivity index (χ3v) is 7.62. The summed E-state index contributed by atoms with van der Waals surface area (Å²) in [6.45, 7) is 1.93. The molecule has 32 heavy (non-hydrogen) atoms. The molecule has 0 radical (unpaired) electrons. The van der Waals surface area contributed by atoms with Gasteiger partial charge in [0.15, 0.2) is 11.5 Å². The molecule has 9 heteroatoms. The number of rotatable bonds is 5. The number of hydrogen-bond acceptors (Lipinski definition) is 6. The summed E-state index contributed by atoms with van der Waals surface area (Å²) in [5.41, 5.74) is 1.96. The van der Waals surface area contributed by atoms with Crippen molar-refractivity contribution in [1.82, 2.24) is 24.5 Å². The number of ether oxygens (including phenoxy) is 1. The number of sulfonamides is 1. The third-order valence-electron chi connectivity index (χ3n) is 6.10. The Labute approximate surface area is 186 Å². The molecule has 0 unspecified atom stereocenters. The van der Waals surface area contributed by atoms with Crippen LogP contribution in [0.5, 0.6) is 5.75 Å². The maximum absolute atomic E-state index is 13.1. The second kappa shape index (κ2) is 8.14. The Hall–Kier alpha value is -3.04. The standard InChI is InChI=1S/C23H25N5O3S/c1-15-18-10-6-7-11-19(18)22-24-25-23(28(22)26-15)20-14-17(12-13-21(20)31-2)32(29,30)27-16-8-4-3-5-9-16/h6-7,10-14,16,27H,3-5,8-9H2,1-2H3. The zero-order valence-electron chi connectivity index (χ0n) is 18.1. The van der Waals surface area contributed by atoms with E-state index in [1.807, 2.05) is 31.2 Å². The van der Waals surface area contributed by atoms with Gasteiger partial charge in [-0.15, -0.1) is 10.2 Å². The lowest BCUT2D eigenvalue weighted by atomic mass is 9.96. The van der Waals surface area contributed by atoms with Crippen molar-refractivity contribution in [3.8, 4) is 17.1 Å². The molecule has 4 aromatic rings. The fourth-order valence-corrected chi connectivity index (χ4v) is 5.78. The monoisotopic (exact) mass is 451 g/mol. The van der Waals surface area contributed by atoms with Crippen molar-refractivity contribution in [3.63, 3.8) is 0 Å². The Morgan fingerprint density at radius 1 is 1.03 bits per heavy atom. The number of nitrogens with zero attached hydrogens (tertiary/aromatic N) is 4. The maximum Gasteiger partial charge on any atom is 0.240 e. The molecule has 1 aliphatic carbocycles. The van der Waals surface area contributed by atoms with Crippen LogP contribution in [0.25, 0.3) is 27.8 Å². The summed E-state index contributed by atoms with van der Waals surface area (Å²) in [6, 6.07) is 12.7. The molecular weight excluding hydrogens is 426 g/mol. The van der Waals surface area contributed by atoms with E-state index in [9.17, 15) is 8.42 Å². The number of aromatic nitrogens is 4. The Bertz CT molecular complexity index is 1410. The molecule has 0 spiro atoms. The van der Waals surface area contributed by atoms with Gasteiger partial charge < -0.3 is 4.74 Å². The van der Waals surface area contributed by atoms with Crippen LogP contribution in [-0.2, 0) is 10.0 Å². The molecule has 1 saturated carbocycles. The Kier molecular flexibility index (Phi) is 5.30. The average Bonchev–Trinajstić information content (AvgIpc) is 3.23. The minimum atomic E-state index is -3.68. The zero-order chi connectivity index (χ0) is 22.3. The van der Waals surface area contributed by atoms with Gasteiger partial charge in [0.2, 0.25) is 10.0 Å². The van der Waals surface area contributed by atoms with Gasteiger partial charge in [-0.25, -0.2) is 13.1 Å². The van der Waals surface area contributed by atoms with Crippen molar-refractivity contribution in [1.29, 1.82) is 0 Å². The Balaban J connectivity index is 1.63. The first-order valence-corrected chi connectivity index (χ1v) is 12.3. The molecule has 1 fully saturated rings. The van der Waals surface area contributed by atoms with Gasteiger partial charge in [0, 0.05) is 16.8 Å². The highest BCUT2D eigenvalue weighted by Crippen LogP contribution is 2.33. The first-order valence-electron chi connectivity index (χ1n) is 10.8. The number of hydrogen-bond donors (Lipinski definition) is 1. The molecule has 0 saturated heterocycles. The van der Waals surface area contributed by atoms with Gasteiger partial charge in [0.1, 0.15) is 5.75 Å². The lowest BCUT2D eigenvalue weighted by Gasteiger charge is -2.22. The summed E-state index contributed by atoms with van der Waals surface area (Å²) < 4.78 is 36.3. The van der Waals surface area contributed by atoms with Crippen molar-refractivity contribution in [2.45, 2.75) is 50.0 Å². The molecule has 5 rings (SSSR count). The van der Waals surface area contributed by atoms with E-state index in [4.69, 9.17) is 4.74 Å². The molecule has 2 heterocycles. The van der Waals surface area contributed by atoms with E-state index in [0.717, 1.165) is 48.6 Å². The van der Waals surface area contributed by atoms with Crippen molar-refractivity contribution in [2.24, 2.45) is 0 Å². The smallest absolute Gasteiger partial charge is 0.240 e. The van der Waals surface area contributed by atoms with Gasteiger partial charge in [-0.3, -0.25) is 0 Å². The number of nitrogens with one attached hydrogen (secondary N) is 1. The van der Waals surface area contributed by atoms with Gasteiger partial charge in [0.25, 0.3) is 0 Å². The number of benzene rings is 2. The van der Waals surface area contributed by atoms with Crippen LogP contribution in [0.2, 0.25) is 0 Å². The Morgan fingerprint density at radius 3 is 2.53 bits per heavy atom. The van der Waals surface area contributed by atoms with Crippen LogP contribution in [0.1, 0.15) is 37.8 Å². The fourth-order valence-electron chi connectivity index (χ4n) is 4.44. The normalized spacial score (nSPS) is 15.4. The Morgan fingerprint density at radius 2 is 1.78 bits per heavy atom. The van der Waals surface area contributed by atoms with E-state index in [1.54, 1.807) is 29.8 Å². The van der Waals surface area contributed by atoms with E-state index in [-0.39, 0.29) is 10.9 Å². The second-order valence-electron chi connectivity index (χ2n) is 8.21. The van der Waals surface area contributed by atoms with E-state index < -0.39 is 10.0 Å². The van der Waals surface area contributed by atoms with Crippen LogP contribution in [0, 0.1) is 6.92 Å². The SMILES string of the molecule is COc1ccc(S(=O)(=O)NC2CCCCC2)cc1-c1nnc2c3ccccc3c(C)nn12. The minimum Gasteiger partial charge on any atom is -0.496 e. The van der Waals surface area contributed by atoms with Crippen molar-refractivity contribution >= 4 is 26.4 Å². The van der Waals surface area contributed by atoms with E-state index in [2.05, 4.69) is 20.0 Å². The highest BCUT2D eigenvalue weighted by molar-refractivity contribution is 7.89. The molecule has 8 nitrogen and oxygen atoms in total. The van der Waals surface area contributed by atoms with Crippen LogP contribution >= 0.6 is 0 Å². The van der Waals surface area contributed by atoms with Crippen LogP contribution < -0.4 is 9.46 Å². The maximum atomic E-state index is 13.1. The number of aryl methyl sites for hydroxylation is 1. The number of methoxy groups -OCH3 is 1. The molecule has 1 aliphatic rings. The largest absolute Gasteiger partial charge is 0.496 e. The first kappa shape index (κ1) is 20.8. The quantitative estimate of drug-likeness (QED) is 0.495. The van der Waals surface area contributed by atoms with Crippen LogP contribution in [-0.4, -0.2) is 41.4 Å². The zero-order valence-corrected chi connectivity index (χ0v) is 18.9. The van der Waals surface area contributed by atoms with Crippen LogP contribution in [0.15, 0.2) is 47.4 Å². The predicted octanol–water partition coefficient (Wildman–Crippen LogP) is 3.87. The molecule has 2 aromatic carbocycles. The van der Waals surface area contributed by atoms with E-state index in [1.165, 1.54) is 0 Å². The highest BCUT2D eigenvalue weighted by Gasteiger charge is 2.24. The van der Waals surface area contributed by atoms with Crippen molar-refractivity contribution in [3.05, 3.63) is 48.2 Å². The summed E-state index contributed by atoms with van der Waals surface area (Å²) in [5.74, 6) is 0.934. The van der Waals surface area contributed by atoms with Gasteiger partial charge in [-0.05, 0) is 38.0 Å². The molecular formula is C23H25N5O3S. The summed E-state index contributed by atoms with van der Waals surface area (Å²) in [5, 5.41) is 15.3. The molecule has 166 valence electrons. The van der Waals surface area contributed by atoms with Gasteiger partial charge in [-0.2, -0.15) is 9.61 Å². The van der Waals surface area contributed by atoms with Gasteiger partial charge >= 0.3 is 0 Å². The molecule has 0 bridgehead atoms. The van der Waals surface area contributed by atoms with Crippen molar-refractivity contribution in [2.75, 3.05) is 7.11 Å². The van der Waals surface area contributed by atoms with E-state index >= 15 is 0 Å². The van der Waals surface area contributed by atoms with Gasteiger partial charge in [-0.1, -0.05) is 43.5 Å². The second-order valence-corrected chi connectivity index (χ2v) is 9.92. The summed E-state index contributed by atoms with van der Waals surface area (Å²) in [7, 11) is -2.13. The molecule has 0 atom stereocenters. The minimum absolute atomic E-state index is 0.0242. The average molecular weight is 452 g/mol. The lowest BCUT2D eigenvalue weighted by molar-refractivity contribution is 0.411. The van der Waals surface area contributed by atoms with E-state index in [0.29, 0.717) is 22.8 Å². The molecule has 0 aliphatic heterocycles. The lowest BCUT2D eigenvalue weighted by Crippen LogP contribution is -2.36. The molecule has 0 amide bonds. The van der Waals surface area contributed by atoms with Crippen molar-refractivity contribution < 1.29 is 13.2 Å². The topological polar surface area (TPSA) is 98.5 Å². The third kappa shape index (κ3) is 3.61. The summed E-state index contributed by atoms with van der Waals surface area (Å²) in [6.07, 6.45) is 4.99. The predicted molar refractivity (Wildman–Crippen MR) is 122 cm³/mol. The molecule has 2 aromatic heterocycles. The fraction of sp³-hybridized carbons (Fsp3) is 0.348. The van der Waals surface area contributed by atoms with Gasteiger partial charge in [0.05, 0.1) is 23.3 Å². The molecule has 1 N–H and O–H groups in total. The summed E-state index contributed by atoms with van der Waals surface area (Å²) in [4.78, 5) is 0.174. The van der Waals surface area contributed by atoms with Crippen LogP contribution in [0.4, 0.5) is 0 Å².